The molecule has 1 aromatic carbocycles. The number of amides is 1. The van der Waals surface area contributed by atoms with E-state index in [4.69, 9.17) is 16.3 Å². The Kier molecular flexibility index (Phi) is 6.52. The molecule has 0 unspecified atom stereocenters. The molecule has 1 aliphatic rings. The molecule has 0 bridgehead atoms. The lowest BCUT2D eigenvalue weighted by Crippen LogP contribution is -2.42. The molecule has 2 heterocycles. The number of rotatable bonds is 6. The predicted molar refractivity (Wildman–Crippen MR) is 111 cm³/mol. The standard InChI is InChI=1S/C20H22ClFN2O5S/c1-3-29-20(26)15-8-18(13-4-6-14(22)7-5-13)24(12(15)2)9-19(25)23-17-11-30(27,28)10-16(17)21/h4-8,16-17H,3,9-11H2,1-2H3,(H,23,25)/t16-,17+/m0/s1. The first-order valence-corrected chi connectivity index (χ1v) is 11.6. The Balaban J connectivity index is 1.91. The number of ether oxygens (including phenoxy) is 1. The second-order valence-electron chi connectivity index (χ2n) is 7.11. The Labute approximate surface area is 179 Å². The van der Waals surface area contributed by atoms with Crippen molar-refractivity contribution in [2.45, 2.75) is 31.8 Å². The van der Waals surface area contributed by atoms with E-state index in [0.717, 1.165) is 0 Å². The first kappa shape index (κ1) is 22.3. The number of alkyl halides is 1. The van der Waals surface area contributed by atoms with Gasteiger partial charge in [-0.2, -0.15) is 0 Å². The van der Waals surface area contributed by atoms with Gasteiger partial charge >= 0.3 is 5.97 Å². The minimum absolute atomic E-state index is 0.169. The lowest BCUT2D eigenvalue weighted by molar-refractivity contribution is -0.122. The molecule has 30 heavy (non-hydrogen) atoms. The van der Waals surface area contributed by atoms with E-state index < -0.39 is 38.9 Å². The highest BCUT2D eigenvalue weighted by Gasteiger charge is 2.37. The van der Waals surface area contributed by atoms with Crippen LogP contribution in [0, 0.1) is 12.7 Å². The molecule has 0 radical (unpaired) electrons. The quantitative estimate of drug-likeness (QED) is 0.531. The highest BCUT2D eigenvalue weighted by molar-refractivity contribution is 7.91. The van der Waals surface area contributed by atoms with E-state index >= 15 is 0 Å². The monoisotopic (exact) mass is 456 g/mol. The molecular formula is C20H22ClFN2O5S. The van der Waals surface area contributed by atoms with Crippen molar-refractivity contribution in [2.75, 3.05) is 18.1 Å². The average Bonchev–Trinajstić information content (AvgIpc) is 3.11. The molecule has 1 aromatic heterocycles. The highest BCUT2D eigenvalue weighted by Crippen LogP contribution is 2.27. The van der Waals surface area contributed by atoms with Crippen molar-refractivity contribution in [3.8, 4) is 11.3 Å². The zero-order chi connectivity index (χ0) is 22.1. The molecule has 10 heteroatoms. The van der Waals surface area contributed by atoms with Crippen LogP contribution in [-0.4, -0.2) is 54.4 Å². The van der Waals surface area contributed by atoms with E-state index in [2.05, 4.69) is 5.32 Å². The normalized spacial score (nSPS) is 20.1. The number of esters is 1. The van der Waals surface area contributed by atoms with Crippen LogP contribution in [0.25, 0.3) is 11.3 Å². The Morgan fingerprint density at radius 3 is 2.50 bits per heavy atom. The lowest BCUT2D eigenvalue weighted by atomic mass is 10.1. The number of hydrogen-bond donors (Lipinski definition) is 1. The van der Waals surface area contributed by atoms with E-state index in [1.165, 1.54) is 12.1 Å². The maximum atomic E-state index is 13.3. The van der Waals surface area contributed by atoms with Gasteiger partial charge in [0.2, 0.25) is 5.91 Å². The van der Waals surface area contributed by atoms with Crippen LogP contribution >= 0.6 is 11.6 Å². The summed E-state index contributed by atoms with van der Waals surface area (Å²) in [6, 6.07) is 6.58. The summed E-state index contributed by atoms with van der Waals surface area (Å²) in [5.74, 6) is -1.78. The molecule has 1 aliphatic heterocycles. The van der Waals surface area contributed by atoms with E-state index in [-0.39, 0.29) is 24.7 Å². The summed E-state index contributed by atoms with van der Waals surface area (Å²) in [5.41, 5.74) is 1.95. The fraction of sp³-hybridized carbons (Fsp3) is 0.400. The SMILES string of the molecule is CCOC(=O)c1cc(-c2ccc(F)cc2)n(CC(=O)N[C@@H]2CS(=O)(=O)C[C@@H]2Cl)c1C. The number of nitrogens with one attached hydrogen (secondary N) is 1. The first-order chi connectivity index (χ1) is 14.1. The summed E-state index contributed by atoms with van der Waals surface area (Å²) in [5, 5.41) is 1.97. The number of aromatic nitrogens is 1. The third-order valence-electron chi connectivity index (χ3n) is 4.93. The summed E-state index contributed by atoms with van der Waals surface area (Å²) < 4.78 is 43.5. The Morgan fingerprint density at radius 2 is 1.93 bits per heavy atom. The van der Waals surface area contributed by atoms with E-state index in [0.29, 0.717) is 22.5 Å². The molecule has 0 saturated carbocycles. The Hall–Kier alpha value is -2.39. The first-order valence-electron chi connectivity index (χ1n) is 9.38. The van der Waals surface area contributed by atoms with Crippen LogP contribution in [0.3, 0.4) is 0 Å². The van der Waals surface area contributed by atoms with Crippen LogP contribution in [0.1, 0.15) is 23.0 Å². The van der Waals surface area contributed by atoms with Crippen LogP contribution in [0.5, 0.6) is 0 Å². The van der Waals surface area contributed by atoms with E-state index in [1.54, 1.807) is 36.6 Å². The van der Waals surface area contributed by atoms with Gasteiger partial charge in [-0.1, -0.05) is 0 Å². The average molecular weight is 457 g/mol. The number of hydrogen-bond acceptors (Lipinski definition) is 5. The third kappa shape index (κ3) is 4.84. The van der Waals surface area contributed by atoms with Crippen molar-refractivity contribution in [3.63, 3.8) is 0 Å². The van der Waals surface area contributed by atoms with Gasteiger partial charge in [-0.05, 0) is 49.7 Å². The number of benzene rings is 1. The smallest absolute Gasteiger partial charge is 0.339 e. The zero-order valence-electron chi connectivity index (χ0n) is 16.5. The van der Waals surface area contributed by atoms with Crippen LogP contribution in [0.2, 0.25) is 0 Å². The van der Waals surface area contributed by atoms with Crippen molar-refractivity contribution >= 4 is 33.3 Å². The van der Waals surface area contributed by atoms with Gasteiger partial charge in [0.1, 0.15) is 12.4 Å². The van der Waals surface area contributed by atoms with Gasteiger partial charge in [0.15, 0.2) is 9.84 Å². The van der Waals surface area contributed by atoms with Gasteiger partial charge in [0.25, 0.3) is 0 Å². The van der Waals surface area contributed by atoms with Crippen LogP contribution < -0.4 is 5.32 Å². The summed E-state index contributed by atoms with van der Waals surface area (Å²) in [7, 11) is -3.29. The maximum absolute atomic E-state index is 13.3. The fourth-order valence-electron chi connectivity index (χ4n) is 3.46. The van der Waals surface area contributed by atoms with Crippen LogP contribution in [0.4, 0.5) is 4.39 Å². The van der Waals surface area contributed by atoms with Crippen LogP contribution in [-0.2, 0) is 25.9 Å². The summed E-state index contributed by atoms with van der Waals surface area (Å²) >= 11 is 6.07. The second kappa shape index (κ2) is 8.77. The molecule has 3 rings (SSSR count). The maximum Gasteiger partial charge on any atom is 0.339 e. The van der Waals surface area contributed by atoms with Crippen molar-refractivity contribution in [2.24, 2.45) is 0 Å². The molecule has 2 aromatic rings. The molecular weight excluding hydrogens is 435 g/mol. The predicted octanol–water partition coefficient (Wildman–Crippen LogP) is 2.30. The van der Waals surface area contributed by atoms with Crippen molar-refractivity contribution < 1.29 is 27.1 Å². The Morgan fingerprint density at radius 1 is 1.27 bits per heavy atom. The fourth-order valence-corrected chi connectivity index (χ4v) is 6.01. The van der Waals surface area contributed by atoms with E-state index in [9.17, 15) is 22.4 Å². The summed E-state index contributed by atoms with van der Waals surface area (Å²) in [6.07, 6.45) is 0. The topological polar surface area (TPSA) is 94.5 Å². The van der Waals surface area contributed by atoms with Crippen LogP contribution in [0.15, 0.2) is 30.3 Å². The summed E-state index contributed by atoms with van der Waals surface area (Å²) in [6.45, 7) is 3.40. The number of sulfone groups is 1. The number of carbonyl (C=O) groups excluding carboxylic acids is 2. The molecule has 1 N–H and O–H groups in total. The highest BCUT2D eigenvalue weighted by atomic mass is 35.5. The molecule has 0 spiro atoms. The van der Waals surface area contributed by atoms with Gasteiger partial charge in [0, 0.05) is 11.4 Å². The minimum Gasteiger partial charge on any atom is -0.462 e. The minimum atomic E-state index is -3.29. The lowest BCUT2D eigenvalue weighted by Gasteiger charge is -2.17. The van der Waals surface area contributed by atoms with E-state index in [1.807, 2.05) is 0 Å². The molecule has 2 atom stereocenters. The van der Waals surface area contributed by atoms with Gasteiger partial charge in [-0.25, -0.2) is 17.6 Å². The van der Waals surface area contributed by atoms with Crippen molar-refractivity contribution in [1.29, 1.82) is 0 Å². The third-order valence-corrected chi connectivity index (χ3v) is 7.31. The number of carbonyl (C=O) groups is 2. The molecule has 1 saturated heterocycles. The zero-order valence-corrected chi connectivity index (χ0v) is 18.1. The van der Waals surface area contributed by atoms with Gasteiger partial charge < -0.3 is 14.6 Å². The van der Waals surface area contributed by atoms with Gasteiger partial charge in [-0.3, -0.25) is 4.79 Å². The molecule has 7 nitrogen and oxygen atoms in total. The van der Waals surface area contributed by atoms with Crippen molar-refractivity contribution in [3.05, 3.63) is 47.4 Å². The Bertz CT molecular complexity index is 1070. The second-order valence-corrected chi connectivity index (χ2v) is 9.82. The summed E-state index contributed by atoms with van der Waals surface area (Å²) in [4.78, 5) is 25.0. The van der Waals surface area contributed by atoms with Gasteiger partial charge in [-0.15, -0.1) is 11.6 Å². The number of nitrogens with zero attached hydrogens (tertiary/aromatic N) is 1. The molecule has 0 aliphatic carbocycles. The molecule has 1 fully saturated rings. The number of halogens is 2. The molecule has 162 valence electrons. The van der Waals surface area contributed by atoms with Gasteiger partial charge in [0.05, 0.1) is 35.1 Å². The van der Waals surface area contributed by atoms with Crippen molar-refractivity contribution in [1.82, 2.24) is 9.88 Å². The molecule has 1 amide bonds. The largest absolute Gasteiger partial charge is 0.462 e.